The molecule has 1 atom stereocenters. The maximum atomic E-state index is 12.0. The van der Waals surface area contributed by atoms with Gasteiger partial charge in [0.15, 0.2) is 5.92 Å². The molecule has 0 bridgehead atoms. The van der Waals surface area contributed by atoms with Crippen LogP contribution in [0.2, 0.25) is 5.28 Å². The van der Waals surface area contributed by atoms with Crippen LogP contribution in [-0.4, -0.2) is 34.6 Å². The first-order valence-corrected chi connectivity index (χ1v) is 5.91. The number of carbonyl (C=O) groups excluding carboxylic acids is 2. The Hall–Kier alpha value is -1.69. The number of rotatable bonds is 3. The molecular formula is C12H15ClN2O4. The van der Waals surface area contributed by atoms with Crippen LogP contribution in [0, 0.1) is 0 Å². The van der Waals surface area contributed by atoms with Crippen LogP contribution in [0.4, 0.5) is 0 Å². The van der Waals surface area contributed by atoms with Crippen LogP contribution in [0.25, 0.3) is 0 Å². The molecule has 0 saturated heterocycles. The second kappa shape index (κ2) is 5.97. The van der Waals surface area contributed by atoms with Gasteiger partial charge in [0.25, 0.3) is 0 Å². The number of methoxy groups -OCH3 is 1. The zero-order valence-corrected chi connectivity index (χ0v) is 11.9. The lowest BCUT2D eigenvalue weighted by atomic mass is 10.1. The Labute approximate surface area is 116 Å². The summed E-state index contributed by atoms with van der Waals surface area (Å²) in [7, 11) is 1.18. The summed E-state index contributed by atoms with van der Waals surface area (Å²) in [6, 6.07) is 1.41. The number of nitrogens with zero attached hydrogens (tertiary/aromatic N) is 2. The summed E-state index contributed by atoms with van der Waals surface area (Å²) in [6.45, 7) is 5.10. The Kier molecular flexibility index (Phi) is 4.83. The van der Waals surface area contributed by atoms with Crippen LogP contribution < -0.4 is 0 Å². The second-order valence-electron chi connectivity index (χ2n) is 4.74. The lowest BCUT2D eigenvalue weighted by Gasteiger charge is -2.22. The molecule has 0 N–H and O–H groups in total. The van der Waals surface area contributed by atoms with E-state index in [1.54, 1.807) is 20.8 Å². The predicted molar refractivity (Wildman–Crippen MR) is 67.6 cm³/mol. The van der Waals surface area contributed by atoms with Gasteiger partial charge < -0.3 is 9.47 Å². The van der Waals surface area contributed by atoms with Gasteiger partial charge in [-0.25, -0.2) is 9.97 Å². The number of ether oxygens (including phenoxy) is 2. The minimum atomic E-state index is -1.27. The van der Waals surface area contributed by atoms with Crippen LogP contribution in [0.5, 0.6) is 0 Å². The molecule has 0 radical (unpaired) electrons. The maximum absolute atomic E-state index is 12.0. The van der Waals surface area contributed by atoms with E-state index in [1.165, 1.54) is 19.4 Å². The highest BCUT2D eigenvalue weighted by molar-refractivity contribution is 6.28. The SMILES string of the molecule is COC(=O)C(C(=O)OC(C)(C)C)c1ccnc(Cl)n1. The molecule has 7 heteroatoms. The molecule has 0 aliphatic heterocycles. The molecule has 1 heterocycles. The molecule has 1 rings (SSSR count). The summed E-state index contributed by atoms with van der Waals surface area (Å²) in [5.74, 6) is -2.78. The summed E-state index contributed by atoms with van der Waals surface area (Å²) < 4.78 is 9.77. The first-order valence-electron chi connectivity index (χ1n) is 5.53. The molecule has 104 valence electrons. The summed E-state index contributed by atoms with van der Waals surface area (Å²) in [5.41, 5.74) is -0.582. The van der Waals surface area contributed by atoms with E-state index in [4.69, 9.17) is 16.3 Å². The molecule has 1 aromatic heterocycles. The highest BCUT2D eigenvalue weighted by atomic mass is 35.5. The van der Waals surface area contributed by atoms with Gasteiger partial charge in [-0.05, 0) is 38.4 Å². The van der Waals surface area contributed by atoms with E-state index in [-0.39, 0.29) is 11.0 Å². The average molecular weight is 287 g/mol. The van der Waals surface area contributed by atoms with Gasteiger partial charge in [0.2, 0.25) is 5.28 Å². The number of aromatic nitrogens is 2. The van der Waals surface area contributed by atoms with Crippen molar-refractivity contribution in [3.8, 4) is 0 Å². The first kappa shape index (κ1) is 15.4. The molecule has 6 nitrogen and oxygen atoms in total. The standard InChI is InChI=1S/C12H15ClN2O4/c1-12(2,3)19-10(17)8(9(16)18-4)7-5-6-14-11(13)15-7/h5-6,8H,1-4H3. The Bertz CT molecular complexity index is 485. The van der Waals surface area contributed by atoms with Crippen molar-refractivity contribution < 1.29 is 19.1 Å². The van der Waals surface area contributed by atoms with Gasteiger partial charge in [-0.2, -0.15) is 0 Å². The first-order chi connectivity index (χ1) is 8.74. The van der Waals surface area contributed by atoms with Crippen LogP contribution in [0.3, 0.4) is 0 Å². The van der Waals surface area contributed by atoms with Gasteiger partial charge in [-0.3, -0.25) is 9.59 Å². The van der Waals surface area contributed by atoms with Crippen LogP contribution in [0.1, 0.15) is 32.4 Å². The molecular weight excluding hydrogens is 272 g/mol. The molecule has 0 spiro atoms. The zero-order valence-electron chi connectivity index (χ0n) is 11.1. The van der Waals surface area contributed by atoms with E-state index >= 15 is 0 Å². The van der Waals surface area contributed by atoms with E-state index in [0.29, 0.717) is 0 Å². The highest BCUT2D eigenvalue weighted by Crippen LogP contribution is 2.21. The monoisotopic (exact) mass is 286 g/mol. The summed E-state index contributed by atoms with van der Waals surface area (Å²) in [4.78, 5) is 31.3. The number of esters is 2. The van der Waals surface area contributed by atoms with Crippen LogP contribution in [-0.2, 0) is 19.1 Å². The summed E-state index contributed by atoms with van der Waals surface area (Å²) >= 11 is 5.65. The minimum Gasteiger partial charge on any atom is -0.468 e. The molecule has 1 unspecified atom stereocenters. The van der Waals surface area contributed by atoms with Crippen molar-refractivity contribution >= 4 is 23.5 Å². The molecule has 19 heavy (non-hydrogen) atoms. The quantitative estimate of drug-likeness (QED) is 0.478. The Morgan fingerprint density at radius 2 is 1.95 bits per heavy atom. The molecule has 0 aliphatic carbocycles. The lowest BCUT2D eigenvalue weighted by Crippen LogP contribution is -2.32. The fourth-order valence-electron chi connectivity index (χ4n) is 1.32. The molecule has 0 fully saturated rings. The molecule has 1 aromatic rings. The molecule has 0 amide bonds. The van der Waals surface area contributed by atoms with Gasteiger partial charge in [0, 0.05) is 6.20 Å². The molecule has 0 aromatic carbocycles. The second-order valence-corrected chi connectivity index (χ2v) is 5.08. The zero-order chi connectivity index (χ0) is 14.6. The van der Waals surface area contributed by atoms with Gasteiger partial charge in [0.05, 0.1) is 12.8 Å². The predicted octanol–water partition coefficient (Wildman–Crippen LogP) is 1.73. The fraction of sp³-hybridized carbons (Fsp3) is 0.500. The smallest absolute Gasteiger partial charge is 0.327 e. The minimum absolute atomic E-state index is 0.0602. The van der Waals surface area contributed by atoms with Gasteiger partial charge in [-0.15, -0.1) is 0 Å². The van der Waals surface area contributed by atoms with Crippen LogP contribution in [0.15, 0.2) is 12.3 Å². The maximum Gasteiger partial charge on any atom is 0.327 e. The van der Waals surface area contributed by atoms with Crippen molar-refractivity contribution in [3.63, 3.8) is 0 Å². The van der Waals surface area contributed by atoms with Gasteiger partial charge >= 0.3 is 11.9 Å². The van der Waals surface area contributed by atoms with E-state index in [9.17, 15) is 9.59 Å². The number of hydrogen-bond donors (Lipinski definition) is 0. The van der Waals surface area contributed by atoms with Crippen molar-refractivity contribution in [1.29, 1.82) is 0 Å². The summed E-state index contributed by atoms with van der Waals surface area (Å²) in [5, 5.41) is -0.0602. The average Bonchev–Trinajstić information content (AvgIpc) is 2.26. The third-order valence-corrected chi connectivity index (χ3v) is 2.20. The fourth-order valence-corrected chi connectivity index (χ4v) is 1.48. The number of halogens is 1. The van der Waals surface area contributed by atoms with Gasteiger partial charge in [0.1, 0.15) is 5.60 Å². The largest absolute Gasteiger partial charge is 0.468 e. The van der Waals surface area contributed by atoms with Crippen molar-refractivity contribution in [1.82, 2.24) is 9.97 Å². The van der Waals surface area contributed by atoms with Crippen molar-refractivity contribution in [3.05, 3.63) is 23.2 Å². The number of carbonyl (C=O) groups is 2. The molecule has 0 saturated carbocycles. The highest BCUT2D eigenvalue weighted by Gasteiger charge is 2.35. The lowest BCUT2D eigenvalue weighted by molar-refractivity contribution is -0.163. The number of hydrogen-bond acceptors (Lipinski definition) is 6. The topological polar surface area (TPSA) is 78.4 Å². The third-order valence-electron chi connectivity index (χ3n) is 2.02. The van der Waals surface area contributed by atoms with E-state index < -0.39 is 23.5 Å². The van der Waals surface area contributed by atoms with Crippen molar-refractivity contribution in [2.24, 2.45) is 0 Å². The van der Waals surface area contributed by atoms with E-state index in [2.05, 4.69) is 14.7 Å². The Morgan fingerprint density at radius 1 is 1.32 bits per heavy atom. The Morgan fingerprint density at radius 3 is 2.42 bits per heavy atom. The van der Waals surface area contributed by atoms with Gasteiger partial charge in [-0.1, -0.05) is 0 Å². The van der Waals surface area contributed by atoms with Crippen LogP contribution >= 0.6 is 11.6 Å². The van der Waals surface area contributed by atoms with Crippen molar-refractivity contribution in [2.45, 2.75) is 32.3 Å². The summed E-state index contributed by atoms with van der Waals surface area (Å²) in [6.07, 6.45) is 1.35. The normalized spacial score (nSPS) is 12.7. The third kappa shape index (κ3) is 4.48. The van der Waals surface area contributed by atoms with Crippen molar-refractivity contribution in [2.75, 3.05) is 7.11 Å². The van der Waals surface area contributed by atoms with E-state index in [1.807, 2.05) is 0 Å². The molecule has 0 aliphatic rings. The Balaban J connectivity index is 3.09. The van der Waals surface area contributed by atoms with E-state index in [0.717, 1.165) is 0 Å².